The van der Waals surface area contributed by atoms with Gasteiger partial charge in [-0.1, -0.05) is 37.5 Å². The van der Waals surface area contributed by atoms with Gasteiger partial charge in [-0.2, -0.15) is 0 Å². The van der Waals surface area contributed by atoms with Crippen molar-refractivity contribution >= 4 is 45.3 Å². The van der Waals surface area contributed by atoms with Crippen molar-refractivity contribution in [1.82, 2.24) is 9.88 Å². The largest absolute Gasteiger partial charge is 0.454 e. The number of esters is 1. The first-order chi connectivity index (χ1) is 15.6. The van der Waals surface area contributed by atoms with Crippen molar-refractivity contribution in [3.8, 4) is 0 Å². The number of aryl methyl sites for hydroxylation is 1. The number of ether oxygens (including phenoxy) is 1. The number of hydrogen-bond donors (Lipinski definition) is 2. The number of anilines is 1. The Labute approximate surface area is 187 Å². The number of carbonyl (C=O) groups is 3. The van der Waals surface area contributed by atoms with Gasteiger partial charge in [0, 0.05) is 40.0 Å². The van der Waals surface area contributed by atoms with E-state index in [4.69, 9.17) is 4.74 Å². The summed E-state index contributed by atoms with van der Waals surface area (Å²) in [6, 6.07) is 13.9. The number of para-hydroxylation sites is 1. The monoisotopic (exact) mass is 435 g/mol. The van der Waals surface area contributed by atoms with Crippen LogP contribution < -0.4 is 10.6 Å². The number of amides is 2. The molecule has 0 atom stereocenters. The zero-order valence-corrected chi connectivity index (χ0v) is 18.4. The number of rotatable bonds is 7. The molecular formula is C25H29N3O4. The van der Waals surface area contributed by atoms with E-state index in [9.17, 15) is 14.4 Å². The fraction of sp³-hybridized carbons (Fsp3) is 0.400. The van der Waals surface area contributed by atoms with E-state index >= 15 is 0 Å². The van der Waals surface area contributed by atoms with E-state index in [-0.39, 0.29) is 18.4 Å². The topological polar surface area (TPSA) is 89.4 Å². The SMILES string of the molecule is CCn1c2ccccc2c2cc(NC(=O)COC(=O)CNC(=O)C3CCCCC3)ccc21. The minimum Gasteiger partial charge on any atom is -0.454 e. The van der Waals surface area contributed by atoms with Gasteiger partial charge in [-0.25, -0.2) is 0 Å². The maximum absolute atomic E-state index is 12.3. The van der Waals surface area contributed by atoms with Gasteiger partial charge in [-0.3, -0.25) is 14.4 Å². The lowest BCUT2D eigenvalue weighted by Crippen LogP contribution is -2.36. The maximum atomic E-state index is 12.3. The molecule has 1 aliphatic carbocycles. The van der Waals surface area contributed by atoms with Crippen LogP contribution in [0.4, 0.5) is 5.69 Å². The predicted octanol–water partition coefficient (Wildman–Crippen LogP) is 3.99. The van der Waals surface area contributed by atoms with Gasteiger partial charge < -0.3 is 19.9 Å². The summed E-state index contributed by atoms with van der Waals surface area (Å²) in [5.74, 6) is -1.17. The highest BCUT2D eigenvalue weighted by Crippen LogP contribution is 2.31. The van der Waals surface area contributed by atoms with E-state index in [1.54, 1.807) is 0 Å². The number of carbonyl (C=O) groups excluding carboxylic acids is 3. The third-order valence-corrected chi connectivity index (χ3v) is 6.12. The van der Waals surface area contributed by atoms with E-state index in [1.807, 2.05) is 30.3 Å². The van der Waals surface area contributed by atoms with E-state index < -0.39 is 18.5 Å². The highest BCUT2D eigenvalue weighted by molar-refractivity contribution is 6.09. The molecule has 2 aromatic carbocycles. The quantitative estimate of drug-likeness (QED) is 0.549. The Morgan fingerprint density at radius 1 is 1.00 bits per heavy atom. The summed E-state index contributed by atoms with van der Waals surface area (Å²) in [4.78, 5) is 36.3. The molecule has 0 unspecified atom stereocenters. The van der Waals surface area contributed by atoms with E-state index in [1.165, 1.54) is 0 Å². The third-order valence-electron chi connectivity index (χ3n) is 6.12. The summed E-state index contributed by atoms with van der Waals surface area (Å²) < 4.78 is 7.26. The zero-order valence-electron chi connectivity index (χ0n) is 18.4. The molecule has 1 saturated carbocycles. The Hall–Kier alpha value is -3.35. The molecule has 0 aliphatic heterocycles. The van der Waals surface area contributed by atoms with Crippen LogP contribution >= 0.6 is 0 Å². The van der Waals surface area contributed by atoms with Crippen LogP contribution in [0.15, 0.2) is 42.5 Å². The van der Waals surface area contributed by atoms with Crippen molar-refractivity contribution in [2.45, 2.75) is 45.6 Å². The molecule has 1 aliphatic rings. The number of nitrogens with zero attached hydrogens (tertiary/aromatic N) is 1. The first-order valence-electron chi connectivity index (χ1n) is 11.3. The molecule has 1 fully saturated rings. The Bertz CT molecular complexity index is 1140. The molecule has 0 bridgehead atoms. The average molecular weight is 436 g/mol. The van der Waals surface area contributed by atoms with Gasteiger partial charge in [0.2, 0.25) is 5.91 Å². The molecule has 32 heavy (non-hydrogen) atoms. The molecule has 2 amide bonds. The van der Waals surface area contributed by atoms with Crippen molar-refractivity contribution in [3.05, 3.63) is 42.5 Å². The summed E-state index contributed by atoms with van der Waals surface area (Å²) in [6.07, 6.45) is 4.99. The smallest absolute Gasteiger partial charge is 0.325 e. The van der Waals surface area contributed by atoms with Crippen LogP contribution in [-0.4, -0.2) is 35.5 Å². The molecule has 7 nitrogen and oxygen atoms in total. The Morgan fingerprint density at radius 3 is 2.53 bits per heavy atom. The predicted molar refractivity (Wildman–Crippen MR) is 124 cm³/mol. The van der Waals surface area contributed by atoms with Crippen LogP contribution in [0.3, 0.4) is 0 Å². The first-order valence-corrected chi connectivity index (χ1v) is 11.3. The van der Waals surface area contributed by atoms with Gasteiger partial charge in [0.05, 0.1) is 0 Å². The van der Waals surface area contributed by atoms with Gasteiger partial charge >= 0.3 is 5.97 Å². The number of aromatic nitrogens is 1. The van der Waals surface area contributed by atoms with E-state index in [2.05, 4.69) is 34.3 Å². The molecule has 1 aromatic heterocycles. The van der Waals surface area contributed by atoms with Crippen molar-refractivity contribution in [1.29, 1.82) is 0 Å². The molecule has 2 N–H and O–H groups in total. The molecule has 4 rings (SSSR count). The molecule has 1 heterocycles. The van der Waals surface area contributed by atoms with Gasteiger partial charge in [0.25, 0.3) is 5.91 Å². The molecule has 7 heteroatoms. The van der Waals surface area contributed by atoms with Gasteiger partial charge in [0.15, 0.2) is 6.61 Å². The van der Waals surface area contributed by atoms with Crippen molar-refractivity contribution in [2.75, 3.05) is 18.5 Å². The van der Waals surface area contributed by atoms with Crippen LogP contribution in [0.2, 0.25) is 0 Å². The molecule has 168 valence electrons. The van der Waals surface area contributed by atoms with Crippen molar-refractivity contribution in [2.24, 2.45) is 5.92 Å². The summed E-state index contributed by atoms with van der Waals surface area (Å²) in [7, 11) is 0. The average Bonchev–Trinajstić information content (AvgIpc) is 3.14. The number of hydrogen-bond acceptors (Lipinski definition) is 4. The van der Waals surface area contributed by atoms with Gasteiger partial charge in [0.1, 0.15) is 6.54 Å². The fourth-order valence-electron chi connectivity index (χ4n) is 4.53. The molecule has 3 aromatic rings. The standard InChI is InChI=1S/C25H29N3O4/c1-2-28-21-11-7-6-10-19(21)20-14-18(12-13-22(20)28)27-23(29)16-32-24(30)15-26-25(31)17-8-4-3-5-9-17/h6-7,10-14,17H,2-5,8-9,15-16H2,1H3,(H,26,31)(H,27,29). The first kappa shape index (κ1) is 21.9. The van der Waals surface area contributed by atoms with E-state index in [0.29, 0.717) is 5.69 Å². The molecular weight excluding hydrogens is 406 g/mol. The summed E-state index contributed by atoms with van der Waals surface area (Å²) in [5, 5.41) is 7.59. The van der Waals surface area contributed by atoms with Crippen molar-refractivity contribution in [3.63, 3.8) is 0 Å². The molecule has 0 spiro atoms. The summed E-state index contributed by atoms with van der Waals surface area (Å²) in [5.41, 5.74) is 2.90. The Balaban J connectivity index is 1.31. The normalized spacial score (nSPS) is 14.4. The fourth-order valence-corrected chi connectivity index (χ4v) is 4.53. The van der Waals surface area contributed by atoms with Crippen LogP contribution in [0, 0.1) is 5.92 Å². The molecule has 0 saturated heterocycles. The highest BCUT2D eigenvalue weighted by atomic mass is 16.5. The lowest BCUT2D eigenvalue weighted by molar-refractivity contribution is -0.147. The Morgan fingerprint density at radius 2 is 1.75 bits per heavy atom. The van der Waals surface area contributed by atoms with Crippen LogP contribution in [0.1, 0.15) is 39.0 Å². The third kappa shape index (κ3) is 4.77. The highest BCUT2D eigenvalue weighted by Gasteiger charge is 2.21. The summed E-state index contributed by atoms with van der Waals surface area (Å²) >= 11 is 0. The lowest BCUT2D eigenvalue weighted by atomic mass is 9.89. The molecule has 0 radical (unpaired) electrons. The number of benzene rings is 2. The van der Waals surface area contributed by atoms with Crippen LogP contribution in [0.25, 0.3) is 21.8 Å². The second-order valence-electron chi connectivity index (χ2n) is 8.25. The Kier molecular flexibility index (Phi) is 6.73. The van der Waals surface area contributed by atoms with Gasteiger partial charge in [-0.05, 0) is 44.0 Å². The van der Waals surface area contributed by atoms with Gasteiger partial charge in [-0.15, -0.1) is 0 Å². The van der Waals surface area contributed by atoms with Crippen LogP contribution in [-0.2, 0) is 25.7 Å². The minimum absolute atomic E-state index is 0.0200. The van der Waals surface area contributed by atoms with E-state index in [0.717, 1.165) is 60.5 Å². The minimum atomic E-state index is -0.620. The zero-order chi connectivity index (χ0) is 22.5. The maximum Gasteiger partial charge on any atom is 0.325 e. The second-order valence-corrected chi connectivity index (χ2v) is 8.25. The van der Waals surface area contributed by atoms with Crippen LogP contribution in [0.5, 0.6) is 0 Å². The van der Waals surface area contributed by atoms with Crippen molar-refractivity contribution < 1.29 is 19.1 Å². The summed E-state index contributed by atoms with van der Waals surface area (Å²) in [6.45, 7) is 2.34. The second kappa shape index (κ2) is 9.85. The lowest BCUT2D eigenvalue weighted by Gasteiger charge is -2.20. The number of nitrogens with one attached hydrogen (secondary N) is 2. The number of fused-ring (bicyclic) bond motifs is 3.